The van der Waals surface area contributed by atoms with E-state index in [0.717, 1.165) is 13.0 Å². The monoisotopic (exact) mass is 296 g/mol. The summed E-state index contributed by atoms with van der Waals surface area (Å²) in [5.41, 5.74) is 0. The van der Waals surface area contributed by atoms with Gasteiger partial charge in [-0.3, -0.25) is 0 Å². The second-order valence-electron chi connectivity index (χ2n) is 7.10. The van der Waals surface area contributed by atoms with Crippen LogP contribution in [-0.2, 0) is 4.43 Å². The molecule has 0 bridgehead atoms. The van der Waals surface area contributed by atoms with E-state index in [4.69, 9.17) is 4.43 Å². The van der Waals surface area contributed by atoms with E-state index >= 15 is 0 Å². The molecule has 0 aliphatic rings. The summed E-state index contributed by atoms with van der Waals surface area (Å²) in [6, 6.07) is 0. The lowest BCUT2D eigenvalue weighted by Gasteiger charge is -2.36. The fraction of sp³-hybridized carbons (Fsp3) is 0.778. The van der Waals surface area contributed by atoms with Crippen molar-refractivity contribution in [1.29, 1.82) is 0 Å². The van der Waals surface area contributed by atoms with Crippen LogP contribution in [0.5, 0.6) is 0 Å². The van der Waals surface area contributed by atoms with Gasteiger partial charge in [-0.05, 0) is 37.4 Å². The van der Waals surface area contributed by atoms with Crippen molar-refractivity contribution in [2.75, 3.05) is 6.61 Å². The van der Waals surface area contributed by atoms with E-state index < -0.39 is 8.32 Å². The Morgan fingerprint density at radius 3 is 2.05 bits per heavy atom. The zero-order chi connectivity index (χ0) is 15.5. The maximum absolute atomic E-state index is 6.13. The van der Waals surface area contributed by atoms with Crippen LogP contribution in [0.25, 0.3) is 0 Å². The van der Waals surface area contributed by atoms with Crippen LogP contribution in [0.2, 0.25) is 18.1 Å². The molecule has 0 heterocycles. The summed E-state index contributed by atoms with van der Waals surface area (Å²) in [4.78, 5) is 0. The summed E-state index contributed by atoms with van der Waals surface area (Å²) in [5.74, 6) is 0. The van der Waals surface area contributed by atoms with Crippen molar-refractivity contribution in [3.63, 3.8) is 0 Å². The Hall–Kier alpha value is -0.343. The van der Waals surface area contributed by atoms with E-state index in [-0.39, 0.29) is 0 Å². The summed E-state index contributed by atoms with van der Waals surface area (Å²) < 4.78 is 6.13. The second-order valence-corrected chi connectivity index (χ2v) is 11.9. The van der Waals surface area contributed by atoms with Gasteiger partial charge in [0.15, 0.2) is 8.32 Å². The molecule has 0 unspecified atom stereocenters. The lowest BCUT2D eigenvalue weighted by molar-refractivity contribution is 0.294. The highest BCUT2D eigenvalue weighted by Crippen LogP contribution is 2.36. The van der Waals surface area contributed by atoms with Crippen LogP contribution >= 0.6 is 0 Å². The maximum Gasteiger partial charge on any atom is 0.191 e. The van der Waals surface area contributed by atoms with E-state index in [9.17, 15) is 0 Å². The molecule has 0 saturated carbocycles. The molecule has 0 saturated heterocycles. The molecule has 0 spiro atoms. The average molecular weight is 297 g/mol. The molecule has 0 aromatic rings. The van der Waals surface area contributed by atoms with E-state index in [1.54, 1.807) is 0 Å². The quantitative estimate of drug-likeness (QED) is 0.254. The van der Waals surface area contributed by atoms with Crippen molar-refractivity contribution >= 4 is 8.32 Å². The second kappa shape index (κ2) is 10.4. The molecule has 0 fully saturated rings. The average Bonchev–Trinajstić information content (AvgIpc) is 2.34. The molecule has 0 amide bonds. The van der Waals surface area contributed by atoms with Crippen LogP contribution in [0, 0.1) is 0 Å². The fourth-order valence-electron chi connectivity index (χ4n) is 1.64. The lowest BCUT2D eigenvalue weighted by atomic mass is 10.1. The Bertz CT molecular complexity index is 284. The van der Waals surface area contributed by atoms with Gasteiger partial charge in [0.2, 0.25) is 0 Å². The number of rotatable bonds is 10. The van der Waals surface area contributed by atoms with E-state index in [1.807, 2.05) is 0 Å². The third-order valence-electron chi connectivity index (χ3n) is 4.16. The third kappa shape index (κ3) is 9.54. The smallest absolute Gasteiger partial charge is 0.191 e. The normalized spacial score (nSPS) is 13.7. The lowest BCUT2D eigenvalue weighted by Crippen LogP contribution is -2.40. The first-order valence-electron chi connectivity index (χ1n) is 8.27. The van der Waals surface area contributed by atoms with Gasteiger partial charge in [-0.25, -0.2) is 0 Å². The van der Waals surface area contributed by atoms with Gasteiger partial charge in [-0.2, -0.15) is 0 Å². The molecular formula is C18H36OSi. The van der Waals surface area contributed by atoms with Crippen molar-refractivity contribution in [2.24, 2.45) is 0 Å². The molecule has 2 heteroatoms. The Morgan fingerprint density at radius 1 is 0.900 bits per heavy atom. The Labute approximate surface area is 128 Å². The van der Waals surface area contributed by atoms with Gasteiger partial charge in [0, 0.05) is 6.61 Å². The summed E-state index contributed by atoms with van der Waals surface area (Å²) >= 11 is 0. The molecule has 118 valence electrons. The number of hydrogen-bond acceptors (Lipinski definition) is 1. The first-order valence-corrected chi connectivity index (χ1v) is 11.2. The van der Waals surface area contributed by atoms with E-state index in [2.05, 4.69) is 65.1 Å². The molecule has 0 atom stereocenters. The third-order valence-corrected chi connectivity index (χ3v) is 8.70. The predicted molar refractivity (Wildman–Crippen MR) is 94.8 cm³/mol. The van der Waals surface area contributed by atoms with Crippen LogP contribution in [0.4, 0.5) is 0 Å². The van der Waals surface area contributed by atoms with Crippen LogP contribution < -0.4 is 0 Å². The molecule has 0 rings (SSSR count). The SMILES string of the molecule is CCCCCC/C=C\C=C\CCO[Si](C)(C)C(C)(C)C. The van der Waals surface area contributed by atoms with Gasteiger partial charge in [-0.15, -0.1) is 0 Å². The fourth-order valence-corrected chi connectivity index (χ4v) is 2.70. The zero-order valence-corrected chi connectivity index (χ0v) is 15.7. The summed E-state index contributed by atoms with van der Waals surface area (Å²) in [5, 5.41) is 0.315. The van der Waals surface area contributed by atoms with Crippen molar-refractivity contribution in [1.82, 2.24) is 0 Å². The topological polar surface area (TPSA) is 9.23 Å². The Morgan fingerprint density at radius 2 is 1.50 bits per heavy atom. The summed E-state index contributed by atoms with van der Waals surface area (Å²) in [6.07, 6.45) is 16.4. The van der Waals surface area contributed by atoms with Crippen molar-refractivity contribution < 1.29 is 4.43 Å². The minimum atomic E-state index is -1.55. The highest BCUT2D eigenvalue weighted by molar-refractivity contribution is 6.74. The van der Waals surface area contributed by atoms with Crippen LogP contribution in [0.1, 0.15) is 66.2 Å². The Balaban J connectivity index is 3.65. The molecule has 0 radical (unpaired) electrons. The van der Waals surface area contributed by atoms with Gasteiger partial charge in [0.05, 0.1) is 0 Å². The molecule has 0 aliphatic carbocycles. The Kier molecular flexibility index (Phi) is 10.2. The molecule has 0 N–H and O–H groups in total. The standard InChI is InChI=1S/C18H36OSi/c1-7-8-9-10-11-12-13-14-15-16-17-19-20(5,6)18(2,3)4/h12-15H,7-11,16-17H2,1-6H3/b13-12-,15-14+. The number of unbranched alkanes of at least 4 members (excludes halogenated alkanes) is 4. The van der Waals surface area contributed by atoms with Gasteiger partial charge >= 0.3 is 0 Å². The van der Waals surface area contributed by atoms with Gasteiger partial charge in [0.25, 0.3) is 0 Å². The molecule has 0 aromatic heterocycles. The van der Waals surface area contributed by atoms with Crippen LogP contribution in [0.15, 0.2) is 24.3 Å². The summed E-state index contributed by atoms with van der Waals surface area (Å²) in [7, 11) is -1.55. The first kappa shape index (κ1) is 19.7. The van der Waals surface area contributed by atoms with Crippen LogP contribution in [0.3, 0.4) is 0 Å². The first-order chi connectivity index (χ1) is 9.31. The predicted octanol–water partition coefficient (Wildman–Crippen LogP) is 6.48. The van der Waals surface area contributed by atoms with Gasteiger partial charge in [0.1, 0.15) is 0 Å². The van der Waals surface area contributed by atoms with Gasteiger partial charge < -0.3 is 4.43 Å². The maximum atomic E-state index is 6.13. The van der Waals surface area contributed by atoms with Crippen LogP contribution in [-0.4, -0.2) is 14.9 Å². The highest BCUT2D eigenvalue weighted by atomic mass is 28.4. The van der Waals surface area contributed by atoms with Crippen molar-refractivity contribution in [3.05, 3.63) is 24.3 Å². The largest absolute Gasteiger partial charge is 0.417 e. The van der Waals surface area contributed by atoms with E-state index in [1.165, 1.54) is 32.1 Å². The molecule has 0 aromatic carbocycles. The van der Waals surface area contributed by atoms with Crippen molar-refractivity contribution in [3.8, 4) is 0 Å². The minimum absolute atomic E-state index is 0.315. The van der Waals surface area contributed by atoms with E-state index in [0.29, 0.717) is 5.04 Å². The zero-order valence-electron chi connectivity index (χ0n) is 14.7. The number of allylic oxidation sites excluding steroid dienone is 3. The van der Waals surface area contributed by atoms with Crippen molar-refractivity contribution in [2.45, 2.75) is 84.4 Å². The minimum Gasteiger partial charge on any atom is -0.417 e. The molecule has 1 nitrogen and oxygen atoms in total. The highest BCUT2D eigenvalue weighted by Gasteiger charge is 2.36. The molecule has 0 aliphatic heterocycles. The molecular weight excluding hydrogens is 260 g/mol. The molecule has 20 heavy (non-hydrogen) atoms. The van der Waals surface area contributed by atoms with Gasteiger partial charge in [-0.1, -0.05) is 71.3 Å². The summed E-state index contributed by atoms with van der Waals surface area (Å²) in [6.45, 7) is 14.6. The number of hydrogen-bond donors (Lipinski definition) is 0.